The minimum absolute atomic E-state index is 0.230. The van der Waals surface area contributed by atoms with Crippen molar-refractivity contribution in [2.24, 2.45) is 0 Å². The first-order valence-corrected chi connectivity index (χ1v) is 5.94. The van der Waals surface area contributed by atoms with Gasteiger partial charge >= 0.3 is 5.97 Å². The fraction of sp³-hybridized carbons (Fsp3) is 0.0667. The monoisotopic (exact) mass is 252 g/mol. The van der Waals surface area contributed by atoms with Gasteiger partial charge in [0, 0.05) is 5.56 Å². The Morgan fingerprint density at radius 3 is 2.63 bits per heavy atom. The lowest BCUT2D eigenvalue weighted by Gasteiger charge is -1.97. The quantitative estimate of drug-likeness (QED) is 0.735. The fourth-order valence-electron chi connectivity index (χ4n) is 2.16. The molecular formula is C15H12N2O2. The van der Waals surface area contributed by atoms with Crippen LogP contribution in [-0.2, 0) is 0 Å². The van der Waals surface area contributed by atoms with E-state index in [1.54, 1.807) is 6.07 Å². The molecule has 94 valence electrons. The number of aromatic carboxylic acids is 1. The molecule has 0 spiro atoms. The molecule has 3 aromatic rings. The van der Waals surface area contributed by atoms with Gasteiger partial charge in [-0.25, -0.2) is 9.78 Å². The van der Waals surface area contributed by atoms with Gasteiger partial charge in [-0.2, -0.15) is 0 Å². The number of imidazole rings is 1. The van der Waals surface area contributed by atoms with Crippen LogP contribution >= 0.6 is 0 Å². The minimum Gasteiger partial charge on any atom is -0.478 e. The summed E-state index contributed by atoms with van der Waals surface area (Å²) in [5.74, 6) is -0.275. The van der Waals surface area contributed by atoms with Crippen molar-refractivity contribution in [2.75, 3.05) is 0 Å². The molecular weight excluding hydrogens is 240 g/mol. The predicted molar refractivity (Wildman–Crippen MR) is 73.2 cm³/mol. The van der Waals surface area contributed by atoms with E-state index < -0.39 is 5.97 Å². The number of rotatable bonds is 2. The second-order valence-electron chi connectivity index (χ2n) is 4.47. The van der Waals surface area contributed by atoms with Crippen LogP contribution in [0.1, 0.15) is 15.9 Å². The molecule has 1 aromatic heterocycles. The van der Waals surface area contributed by atoms with Gasteiger partial charge in [-0.3, -0.25) is 0 Å². The van der Waals surface area contributed by atoms with Crippen molar-refractivity contribution in [3.63, 3.8) is 0 Å². The molecule has 0 saturated heterocycles. The topological polar surface area (TPSA) is 66.0 Å². The maximum Gasteiger partial charge on any atom is 0.337 e. The molecule has 4 nitrogen and oxygen atoms in total. The van der Waals surface area contributed by atoms with Crippen LogP contribution in [0.4, 0.5) is 0 Å². The zero-order valence-corrected chi connectivity index (χ0v) is 10.3. The molecule has 0 atom stereocenters. The third-order valence-corrected chi connectivity index (χ3v) is 3.01. The van der Waals surface area contributed by atoms with Crippen molar-refractivity contribution >= 4 is 17.0 Å². The first-order valence-electron chi connectivity index (χ1n) is 5.94. The summed E-state index contributed by atoms with van der Waals surface area (Å²) in [7, 11) is 0. The van der Waals surface area contributed by atoms with Gasteiger partial charge in [0.05, 0.1) is 11.1 Å². The minimum atomic E-state index is -0.959. The Hall–Kier alpha value is -2.62. The van der Waals surface area contributed by atoms with Gasteiger partial charge in [0.1, 0.15) is 11.3 Å². The molecule has 0 fully saturated rings. The van der Waals surface area contributed by atoms with Crippen LogP contribution in [0.2, 0.25) is 0 Å². The smallest absolute Gasteiger partial charge is 0.337 e. The van der Waals surface area contributed by atoms with E-state index in [9.17, 15) is 9.90 Å². The highest BCUT2D eigenvalue weighted by atomic mass is 16.4. The largest absolute Gasteiger partial charge is 0.478 e. The third-order valence-electron chi connectivity index (χ3n) is 3.01. The lowest BCUT2D eigenvalue weighted by atomic mass is 10.1. The second-order valence-corrected chi connectivity index (χ2v) is 4.47. The molecule has 2 aromatic carbocycles. The summed E-state index contributed by atoms with van der Waals surface area (Å²) in [5, 5.41) is 9.23. The number of aryl methyl sites for hydroxylation is 1. The highest BCUT2D eigenvalue weighted by Gasteiger charge is 2.14. The van der Waals surface area contributed by atoms with E-state index in [0.717, 1.165) is 16.6 Å². The van der Waals surface area contributed by atoms with E-state index in [1.807, 2.05) is 43.3 Å². The molecule has 0 aliphatic carbocycles. The zero-order valence-electron chi connectivity index (χ0n) is 10.3. The standard InChI is InChI=1S/C15H12N2O2/c1-9-7-11(15(18)19)13-12(8-9)16-14(17-13)10-5-3-2-4-6-10/h2-8H,1H3,(H,16,17)(H,18,19). The molecule has 0 unspecified atom stereocenters. The average molecular weight is 252 g/mol. The van der Waals surface area contributed by atoms with Crippen LogP contribution in [0.5, 0.6) is 0 Å². The van der Waals surface area contributed by atoms with Gasteiger partial charge in [-0.05, 0) is 24.6 Å². The molecule has 0 aliphatic rings. The Morgan fingerprint density at radius 2 is 1.95 bits per heavy atom. The number of nitrogens with zero attached hydrogens (tertiary/aromatic N) is 1. The van der Waals surface area contributed by atoms with Gasteiger partial charge in [-0.15, -0.1) is 0 Å². The van der Waals surface area contributed by atoms with Crippen molar-refractivity contribution in [1.29, 1.82) is 0 Å². The van der Waals surface area contributed by atoms with E-state index in [0.29, 0.717) is 11.3 Å². The number of hydrogen-bond donors (Lipinski definition) is 2. The number of carbonyl (C=O) groups is 1. The third kappa shape index (κ3) is 1.97. The number of benzene rings is 2. The average Bonchev–Trinajstić information content (AvgIpc) is 2.82. The van der Waals surface area contributed by atoms with Gasteiger partial charge in [0.15, 0.2) is 0 Å². The molecule has 0 radical (unpaired) electrons. The van der Waals surface area contributed by atoms with Crippen LogP contribution in [0.25, 0.3) is 22.4 Å². The van der Waals surface area contributed by atoms with Crippen molar-refractivity contribution in [2.45, 2.75) is 6.92 Å². The lowest BCUT2D eigenvalue weighted by Crippen LogP contribution is -1.98. The number of aromatic nitrogens is 2. The predicted octanol–water partition coefficient (Wildman–Crippen LogP) is 3.24. The molecule has 19 heavy (non-hydrogen) atoms. The molecule has 0 aliphatic heterocycles. The summed E-state index contributed by atoms with van der Waals surface area (Å²) in [6.07, 6.45) is 0. The SMILES string of the molecule is Cc1cc(C(=O)O)c2nc(-c3ccccc3)[nH]c2c1. The highest BCUT2D eigenvalue weighted by molar-refractivity contribution is 6.02. The number of aromatic amines is 1. The van der Waals surface area contributed by atoms with Crippen LogP contribution in [0.15, 0.2) is 42.5 Å². The van der Waals surface area contributed by atoms with Crippen molar-refractivity contribution in [3.05, 3.63) is 53.6 Å². The maximum atomic E-state index is 11.3. The number of carboxylic acid groups (broad SMARTS) is 1. The van der Waals surface area contributed by atoms with Crippen LogP contribution in [0.3, 0.4) is 0 Å². The summed E-state index contributed by atoms with van der Waals surface area (Å²) >= 11 is 0. The van der Waals surface area contributed by atoms with Gasteiger partial charge in [0.2, 0.25) is 0 Å². The number of fused-ring (bicyclic) bond motifs is 1. The molecule has 2 N–H and O–H groups in total. The van der Waals surface area contributed by atoms with E-state index in [1.165, 1.54) is 0 Å². The van der Waals surface area contributed by atoms with Crippen LogP contribution < -0.4 is 0 Å². The van der Waals surface area contributed by atoms with Crippen molar-refractivity contribution in [1.82, 2.24) is 9.97 Å². The normalized spacial score (nSPS) is 10.8. The van der Waals surface area contributed by atoms with E-state index in [4.69, 9.17) is 0 Å². The van der Waals surface area contributed by atoms with Crippen LogP contribution in [-0.4, -0.2) is 21.0 Å². The Morgan fingerprint density at radius 1 is 1.21 bits per heavy atom. The van der Waals surface area contributed by atoms with E-state index >= 15 is 0 Å². The van der Waals surface area contributed by atoms with E-state index in [2.05, 4.69) is 9.97 Å². The van der Waals surface area contributed by atoms with Crippen molar-refractivity contribution < 1.29 is 9.90 Å². The summed E-state index contributed by atoms with van der Waals surface area (Å²) in [5.41, 5.74) is 3.31. The lowest BCUT2D eigenvalue weighted by molar-refractivity contribution is 0.0698. The summed E-state index contributed by atoms with van der Waals surface area (Å²) in [6, 6.07) is 13.2. The molecule has 3 rings (SSSR count). The van der Waals surface area contributed by atoms with E-state index in [-0.39, 0.29) is 5.56 Å². The zero-order chi connectivity index (χ0) is 13.4. The highest BCUT2D eigenvalue weighted by Crippen LogP contribution is 2.24. The summed E-state index contributed by atoms with van der Waals surface area (Å²) < 4.78 is 0. The molecule has 4 heteroatoms. The van der Waals surface area contributed by atoms with Gasteiger partial charge < -0.3 is 10.1 Å². The first kappa shape index (κ1) is 11.5. The Labute approximate surface area is 109 Å². The fourth-order valence-corrected chi connectivity index (χ4v) is 2.16. The van der Waals surface area contributed by atoms with Gasteiger partial charge in [-0.1, -0.05) is 30.3 Å². The first-order chi connectivity index (χ1) is 9.15. The molecule has 1 heterocycles. The molecule has 0 bridgehead atoms. The Bertz CT molecular complexity index is 760. The summed E-state index contributed by atoms with van der Waals surface area (Å²) in [6.45, 7) is 1.87. The Balaban J connectivity index is 2.26. The number of carboxylic acids is 1. The number of hydrogen-bond acceptors (Lipinski definition) is 2. The molecule has 0 saturated carbocycles. The Kier molecular flexibility index (Phi) is 2.56. The van der Waals surface area contributed by atoms with Gasteiger partial charge in [0.25, 0.3) is 0 Å². The molecule has 0 amide bonds. The number of nitrogens with one attached hydrogen (secondary N) is 1. The maximum absolute atomic E-state index is 11.3. The van der Waals surface area contributed by atoms with Crippen LogP contribution in [0, 0.1) is 6.92 Å². The van der Waals surface area contributed by atoms with Crippen molar-refractivity contribution in [3.8, 4) is 11.4 Å². The second kappa shape index (κ2) is 4.24. The number of H-pyrrole nitrogens is 1. The summed E-state index contributed by atoms with van der Waals surface area (Å²) in [4.78, 5) is 18.8.